The van der Waals surface area contributed by atoms with Gasteiger partial charge in [0.15, 0.2) is 0 Å². The molecule has 1 saturated carbocycles. The summed E-state index contributed by atoms with van der Waals surface area (Å²) in [4.78, 5) is 25.7. The number of anilines is 3. The van der Waals surface area contributed by atoms with Crippen molar-refractivity contribution in [3.05, 3.63) is 47.3 Å². The highest BCUT2D eigenvalue weighted by atomic mass is 16.3. The fourth-order valence-corrected chi connectivity index (χ4v) is 2.83. The second-order valence-electron chi connectivity index (χ2n) is 6.76. The van der Waals surface area contributed by atoms with E-state index >= 15 is 0 Å². The Morgan fingerprint density at radius 3 is 2.85 bits per heavy atom. The van der Waals surface area contributed by atoms with E-state index in [-0.39, 0.29) is 24.2 Å². The van der Waals surface area contributed by atoms with Crippen LogP contribution in [0.15, 0.2) is 41.7 Å². The number of hydrogen-bond donors (Lipinski definition) is 3. The predicted molar refractivity (Wildman–Crippen MR) is 99.7 cm³/mol. The molecule has 0 aliphatic heterocycles. The molecule has 0 saturated heterocycles. The molecule has 8 nitrogen and oxygen atoms in total. The lowest BCUT2D eigenvalue weighted by Crippen LogP contribution is -2.24. The minimum atomic E-state index is -0.165. The predicted octanol–water partition coefficient (Wildman–Crippen LogP) is 1.89. The molecular weight excluding hydrogens is 332 g/mol. The average molecular weight is 352 g/mol. The Morgan fingerprint density at radius 2 is 2.15 bits per heavy atom. The molecule has 1 aliphatic rings. The molecule has 0 aromatic carbocycles. The number of aromatic nitrogens is 4. The van der Waals surface area contributed by atoms with Crippen molar-refractivity contribution in [2.75, 3.05) is 17.2 Å². The van der Waals surface area contributed by atoms with E-state index in [1.54, 1.807) is 24.8 Å². The Kier molecular flexibility index (Phi) is 4.04. The fourth-order valence-electron chi connectivity index (χ4n) is 2.83. The largest absolute Gasteiger partial charge is 0.395 e. The molecule has 134 valence electrons. The molecule has 3 aromatic heterocycles. The zero-order valence-corrected chi connectivity index (χ0v) is 14.4. The van der Waals surface area contributed by atoms with Gasteiger partial charge in [-0.15, -0.1) is 0 Å². The van der Waals surface area contributed by atoms with Gasteiger partial charge in [-0.05, 0) is 37.3 Å². The average Bonchev–Trinajstić information content (AvgIpc) is 3.35. The third kappa shape index (κ3) is 3.23. The molecule has 0 amide bonds. The van der Waals surface area contributed by atoms with Crippen LogP contribution in [0.25, 0.3) is 10.8 Å². The molecule has 0 spiro atoms. The van der Waals surface area contributed by atoms with Crippen molar-refractivity contribution >= 4 is 28.2 Å². The summed E-state index contributed by atoms with van der Waals surface area (Å²) in [6.07, 6.45) is 8.58. The normalized spacial score (nSPS) is 15.0. The first-order valence-electron chi connectivity index (χ1n) is 8.54. The molecule has 3 aromatic rings. The van der Waals surface area contributed by atoms with Crippen molar-refractivity contribution in [2.24, 2.45) is 0 Å². The summed E-state index contributed by atoms with van der Waals surface area (Å²) >= 11 is 0. The standard InChI is InChI=1S/C18H20N6O2/c1-18(3-4-18)23-16-15-12(2-7-24(8-9-25)17(15)26)10-13(22-16)21-14-11-19-5-6-20-14/h2,5-7,10-11,25H,3-4,8-9H2,1H3,(H2,20,21,22,23). The Morgan fingerprint density at radius 1 is 1.31 bits per heavy atom. The van der Waals surface area contributed by atoms with Crippen LogP contribution in [-0.4, -0.2) is 36.8 Å². The molecule has 0 unspecified atom stereocenters. The van der Waals surface area contributed by atoms with Gasteiger partial charge in [0.1, 0.15) is 17.5 Å². The van der Waals surface area contributed by atoms with Crippen LogP contribution in [0.5, 0.6) is 0 Å². The smallest absolute Gasteiger partial charge is 0.262 e. The molecule has 0 atom stereocenters. The maximum atomic E-state index is 12.8. The summed E-state index contributed by atoms with van der Waals surface area (Å²) < 4.78 is 1.50. The van der Waals surface area contributed by atoms with Gasteiger partial charge in [-0.2, -0.15) is 0 Å². The van der Waals surface area contributed by atoms with E-state index in [1.807, 2.05) is 12.1 Å². The summed E-state index contributed by atoms with van der Waals surface area (Å²) in [5.41, 5.74) is -0.197. The van der Waals surface area contributed by atoms with Gasteiger partial charge in [0.05, 0.1) is 18.2 Å². The van der Waals surface area contributed by atoms with Crippen molar-refractivity contribution in [3.8, 4) is 0 Å². The number of nitrogens with zero attached hydrogens (tertiary/aromatic N) is 4. The lowest BCUT2D eigenvalue weighted by Gasteiger charge is -2.17. The minimum Gasteiger partial charge on any atom is -0.395 e. The topological polar surface area (TPSA) is 105 Å². The quantitative estimate of drug-likeness (QED) is 0.622. The highest BCUT2D eigenvalue weighted by molar-refractivity contribution is 5.93. The third-order valence-corrected chi connectivity index (χ3v) is 4.54. The summed E-state index contributed by atoms with van der Waals surface area (Å²) in [5.74, 6) is 1.71. The number of rotatable bonds is 6. The highest BCUT2D eigenvalue weighted by Gasteiger charge is 2.38. The van der Waals surface area contributed by atoms with Crippen molar-refractivity contribution in [1.29, 1.82) is 0 Å². The van der Waals surface area contributed by atoms with Crippen LogP contribution in [0.4, 0.5) is 17.5 Å². The van der Waals surface area contributed by atoms with E-state index in [0.717, 1.165) is 18.2 Å². The molecule has 1 fully saturated rings. The Balaban J connectivity index is 1.83. The fraction of sp³-hybridized carbons (Fsp3) is 0.333. The molecule has 8 heteroatoms. The van der Waals surface area contributed by atoms with Crippen LogP contribution in [-0.2, 0) is 6.54 Å². The lowest BCUT2D eigenvalue weighted by atomic mass is 10.2. The van der Waals surface area contributed by atoms with Crippen LogP contribution in [0.3, 0.4) is 0 Å². The molecule has 4 rings (SSSR count). The van der Waals surface area contributed by atoms with Crippen LogP contribution in [0.1, 0.15) is 19.8 Å². The number of aliphatic hydroxyl groups is 1. The Hall–Kier alpha value is -3.00. The Labute approximate surface area is 149 Å². The number of nitrogens with one attached hydrogen (secondary N) is 2. The first-order valence-corrected chi connectivity index (χ1v) is 8.54. The van der Waals surface area contributed by atoms with Crippen LogP contribution in [0, 0.1) is 0 Å². The van der Waals surface area contributed by atoms with Crippen LogP contribution in [0.2, 0.25) is 0 Å². The van der Waals surface area contributed by atoms with Gasteiger partial charge >= 0.3 is 0 Å². The summed E-state index contributed by atoms with van der Waals surface area (Å²) in [6.45, 7) is 2.27. The molecule has 0 radical (unpaired) electrons. The molecule has 0 bridgehead atoms. The van der Waals surface area contributed by atoms with Crippen LogP contribution >= 0.6 is 0 Å². The van der Waals surface area contributed by atoms with Crippen molar-refractivity contribution < 1.29 is 5.11 Å². The van der Waals surface area contributed by atoms with Gasteiger partial charge in [-0.3, -0.25) is 9.78 Å². The Bertz CT molecular complexity index is 998. The van der Waals surface area contributed by atoms with Gasteiger partial charge in [0.25, 0.3) is 5.56 Å². The summed E-state index contributed by atoms with van der Waals surface area (Å²) in [5, 5.41) is 17.0. The molecule has 26 heavy (non-hydrogen) atoms. The third-order valence-electron chi connectivity index (χ3n) is 4.54. The van der Waals surface area contributed by atoms with Crippen molar-refractivity contribution in [1.82, 2.24) is 19.5 Å². The van der Waals surface area contributed by atoms with Crippen molar-refractivity contribution in [3.63, 3.8) is 0 Å². The first kappa shape index (κ1) is 16.5. The zero-order chi connectivity index (χ0) is 18.1. The SMILES string of the molecule is CC1(Nc2nc(Nc3cnccn3)cc3ccn(CCO)c(=O)c23)CC1. The van der Waals surface area contributed by atoms with E-state index < -0.39 is 0 Å². The van der Waals surface area contributed by atoms with E-state index in [9.17, 15) is 9.90 Å². The number of fused-ring (bicyclic) bond motifs is 1. The van der Waals surface area contributed by atoms with E-state index in [1.165, 1.54) is 4.57 Å². The van der Waals surface area contributed by atoms with Gasteiger partial charge in [0, 0.05) is 30.7 Å². The van der Waals surface area contributed by atoms with Gasteiger partial charge in [0.2, 0.25) is 0 Å². The van der Waals surface area contributed by atoms with E-state index in [0.29, 0.717) is 22.8 Å². The minimum absolute atomic E-state index is 0.0325. The van der Waals surface area contributed by atoms with Gasteiger partial charge in [-0.25, -0.2) is 9.97 Å². The second kappa shape index (κ2) is 6.38. The van der Waals surface area contributed by atoms with Gasteiger partial charge < -0.3 is 20.3 Å². The summed E-state index contributed by atoms with van der Waals surface area (Å²) in [6, 6.07) is 3.67. The molecular formula is C18H20N6O2. The monoisotopic (exact) mass is 352 g/mol. The highest BCUT2D eigenvalue weighted by Crippen LogP contribution is 2.39. The maximum absolute atomic E-state index is 12.8. The van der Waals surface area contributed by atoms with Crippen molar-refractivity contribution in [2.45, 2.75) is 31.8 Å². The second-order valence-corrected chi connectivity index (χ2v) is 6.76. The number of hydrogen-bond acceptors (Lipinski definition) is 7. The van der Waals surface area contributed by atoms with E-state index in [4.69, 9.17) is 0 Å². The molecule has 1 aliphatic carbocycles. The molecule has 3 heterocycles. The van der Waals surface area contributed by atoms with E-state index in [2.05, 4.69) is 32.5 Å². The zero-order valence-electron chi connectivity index (χ0n) is 14.4. The lowest BCUT2D eigenvalue weighted by molar-refractivity contribution is 0.274. The number of aliphatic hydroxyl groups excluding tert-OH is 1. The maximum Gasteiger partial charge on any atom is 0.262 e. The van der Waals surface area contributed by atoms with Crippen LogP contribution < -0.4 is 16.2 Å². The first-order chi connectivity index (χ1) is 12.6. The summed E-state index contributed by atoms with van der Waals surface area (Å²) in [7, 11) is 0. The molecule has 3 N–H and O–H groups in total. The van der Waals surface area contributed by atoms with Gasteiger partial charge in [-0.1, -0.05) is 0 Å². The number of pyridine rings is 2.